The fourth-order valence-electron chi connectivity index (χ4n) is 3.28. The summed E-state index contributed by atoms with van der Waals surface area (Å²) in [5.41, 5.74) is 0. The van der Waals surface area contributed by atoms with Crippen molar-refractivity contribution in [3.05, 3.63) is 0 Å². The van der Waals surface area contributed by atoms with E-state index in [-0.39, 0.29) is 19.3 Å². The van der Waals surface area contributed by atoms with E-state index in [0.29, 0.717) is 39.6 Å². The van der Waals surface area contributed by atoms with Gasteiger partial charge in [-0.05, 0) is 38.5 Å². The SMILES string of the molecule is CCCCOC(=O)CC([S-])C(=O)OCCCC.CCCCOC(=O)CC([S-])C(=O)OCCCC.CCCCOC(=O)CC([S-])C(=O)OCCCC.CCC[CH2][Sn+3]. The zero-order valence-corrected chi connectivity index (χ0v) is 40.6. The molecule has 12 nitrogen and oxygen atoms in total. The van der Waals surface area contributed by atoms with Crippen molar-refractivity contribution in [2.24, 2.45) is 0 Å². The predicted octanol–water partition coefficient (Wildman–Crippen LogP) is 7.31. The molecule has 0 aliphatic rings. The second kappa shape index (κ2) is 48.0. The van der Waals surface area contributed by atoms with Crippen molar-refractivity contribution in [2.45, 2.75) is 178 Å². The van der Waals surface area contributed by atoms with Crippen LogP contribution in [0.25, 0.3) is 0 Å². The molecule has 0 amide bonds. The van der Waals surface area contributed by atoms with Crippen molar-refractivity contribution in [1.82, 2.24) is 0 Å². The Balaban J connectivity index is -0.000000340. The zero-order valence-electron chi connectivity index (χ0n) is 35.3. The Morgan fingerprint density at radius 1 is 0.375 bits per heavy atom. The third-order valence-electron chi connectivity index (χ3n) is 6.88. The predicted molar refractivity (Wildman–Crippen MR) is 228 cm³/mol. The maximum atomic E-state index is 11.3. The van der Waals surface area contributed by atoms with E-state index in [1.165, 1.54) is 17.3 Å². The fourth-order valence-corrected chi connectivity index (χ4v) is 4.90. The fraction of sp³-hybridized carbons (Fsp3) is 0.850. The first-order valence-electron chi connectivity index (χ1n) is 20.3. The normalized spacial score (nSPS) is 11.6. The molecular weight excluding hydrogens is 887 g/mol. The molecule has 0 saturated heterocycles. The number of ether oxygens (including phenoxy) is 6. The topological polar surface area (TPSA) is 158 Å². The molecule has 0 spiro atoms. The number of unbranched alkanes of at least 4 members (excludes halogenated alkanes) is 7. The Morgan fingerprint density at radius 3 is 0.732 bits per heavy atom. The van der Waals surface area contributed by atoms with Crippen molar-refractivity contribution in [3.63, 3.8) is 0 Å². The number of esters is 6. The summed E-state index contributed by atoms with van der Waals surface area (Å²) in [6.45, 7) is 16.5. The van der Waals surface area contributed by atoms with Gasteiger partial charge in [0, 0.05) is 19.3 Å². The van der Waals surface area contributed by atoms with Gasteiger partial charge < -0.3 is 66.3 Å². The number of rotatable bonds is 29. The molecule has 0 aromatic heterocycles. The van der Waals surface area contributed by atoms with Gasteiger partial charge in [-0.15, -0.1) is 0 Å². The summed E-state index contributed by atoms with van der Waals surface area (Å²) in [5.74, 6) is -2.77. The molecule has 0 fully saturated rings. The van der Waals surface area contributed by atoms with Crippen LogP contribution in [-0.4, -0.2) is 114 Å². The molecule has 0 aliphatic carbocycles. The van der Waals surface area contributed by atoms with Crippen LogP contribution in [0.3, 0.4) is 0 Å². The Labute approximate surface area is 368 Å². The number of hydrogen-bond acceptors (Lipinski definition) is 15. The molecule has 0 aliphatic heterocycles. The second-order valence-electron chi connectivity index (χ2n) is 12.5. The van der Waals surface area contributed by atoms with Gasteiger partial charge in [-0.3, -0.25) is 28.8 Å². The second-order valence-corrected chi connectivity index (χ2v) is 15.6. The van der Waals surface area contributed by atoms with Crippen LogP contribution in [0, 0.1) is 0 Å². The quantitative estimate of drug-likeness (QED) is 0.0242. The summed E-state index contributed by atoms with van der Waals surface area (Å²) in [4.78, 5) is 67.8. The maximum absolute atomic E-state index is 11.3. The Kier molecular flexibility index (Phi) is 52.6. The summed E-state index contributed by atoms with van der Waals surface area (Å²) >= 11 is 16.4. The molecular formula is C40H72O12S3Sn. The van der Waals surface area contributed by atoms with E-state index in [0.717, 1.165) is 77.0 Å². The Bertz CT molecular complexity index is 859. The van der Waals surface area contributed by atoms with Crippen LogP contribution in [0.2, 0.25) is 4.44 Å². The van der Waals surface area contributed by atoms with E-state index in [9.17, 15) is 28.8 Å². The molecule has 0 radical (unpaired) electrons. The number of carbonyl (C=O) groups is 6. The van der Waals surface area contributed by atoms with Crippen LogP contribution in [0.1, 0.15) is 158 Å². The van der Waals surface area contributed by atoms with E-state index >= 15 is 0 Å². The first-order chi connectivity index (χ1) is 26.8. The monoisotopic (exact) mass is 960 g/mol. The van der Waals surface area contributed by atoms with Crippen molar-refractivity contribution in [1.29, 1.82) is 0 Å². The van der Waals surface area contributed by atoms with Crippen LogP contribution in [0.5, 0.6) is 0 Å². The summed E-state index contributed by atoms with van der Waals surface area (Å²) in [5, 5.41) is -2.50. The van der Waals surface area contributed by atoms with Crippen LogP contribution < -0.4 is 0 Å². The first-order valence-corrected chi connectivity index (χ1v) is 23.8. The van der Waals surface area contributed by atoms with Crippen LogP contribution in [-0.2, 0) is 95.1 Å². The minimum atomic E-state index is -0.832. The molecule has 56 heavy (non-hydrogen) atoms. The van der Waals surface area contributed by atoms with Gasteiger partial charge in [0.25, 0.3) is 17.9 Å². The van der Waals surface area contributed by atoms with Crippen molar-refractivity contribution in [3.8, 4) is 0 Å². The van der Waals surface area contributed by atoms with Gasteiger partial charge in [0.15, 0.2) is 0 Å². The molecule has 0 N–H and O–H groups in total. The summed E-state index contributed by atoms with van der Waals surface area (Å²) < 4.78 is 30.9. The van der Waals surface area contributed by atoms with E-state index in [2.05, 4.69) is 6.92 Å². The van der Waals surface area contributed by atoms with Gasteiger partial charge in [0.1, 0.15) is 0 Å². The number of hydrogen-bond donors (Lipinski definition) is 0. The summed E-state index contributed by atoms with van der Waals surface area (Å²) in [6.07, 6.45) is 13.2. The molecule has 0 rings (SSSR count). The van der Waals surface area contributed by atoms with Crippen molar-refractivity contribution >= 4 is 96.2 Å². The van der Waals surface area contributed by atoms with Crippen molar-refractivity contribution < 1.29 is 57.2 Å². The van der Waals surface area contributed by atoms with E-state index in [4.69, 9.17) is 66.3 Å². The first kappa shape index (κ1) is 61.3. The van der Waals surface area contributed by atoms with Crippen LogP contribution in [0.15, 0.2) is 0 Å². The van der Waals surface area contributed by atoms with E-state index < -0.39 is 51.6 Å². The molecule has 326 valence electrons. The summed E-state index contributed by atoms with van der Waals surface area (Å²) in [6, 6.07) is 0. The van der Waals surface area contributed by atoms with Gasteiger partial charge >= 0.3 is 64.6 Å². The van der Waals surface area contributed by atoms with Gasteiger partial charge in [-0.25, -0.2) is 0 Å². The van der Waals surface area contributed by atoms with Gasteiger partial charge in [-0.1, -0.05) is 95.8 Å². The molecule has 0 saturated carbocycles. The van der Waals surface area contributed by atoms with E-state index in [1.807, 2.05) is 41.5 Å². The number of carbonyl (C=O) groups excluding carboxylic acids is 6. The molecule has 3 unspecified atom stereocenters. The molecule has 0 aromatic carbocycles. The molecule has 0 bridgehead atoms. The third kappa shape index (κ3) is 47.0. The standard InChI is InChI=1S/3C12H22O4S.C4H9.Sn/c3*1-3-5-7-15-11(13)9-10(17)12(14)16-8-6-4-2;1-3-4-2;/h3*10,17H,3-9H2,1-2H3;1,3-4H2,2H3;/q;;;;+3/p-3. The zero-order chi connectivity index (χ0) is 43.4. The Morgan fingerprint density at radius 2 is 0.571 bits per heavy atom. The average Bonchev–Trinajstić information content (AvgIpc) is 3.16. The van der Waals surface area contributed by atoms with Gasteiger partial charge in [0.05, 0.1) is 39.6 Å². The minimum absolute atomic E-state index is 0.0794. The molecule has 0 heterocycles. The van der Waals surface area contributed by atoms with Crippen molar-refractivity contribution in [2.75, 3.05) is 39.6 Å². The van der Waals surface area contributed by atoms with E-state index in [1.54, 1.807) is 22.5 Å². The Hall–Kier alpha value is -1.33. The van der Waals surface area contributed by atoms with Crippen LogP contribution in [0.4, 0.5) is 0 Å². The summed E-state index contributed by atoms with van der Waals surface area (Å²) in [7, 11) is 0. The molecule has 16 heteroatoms. The third-order valence-corrected chi connectivity index (χ3v) is 8.97. The average molecular weight is 960 g/mol. The van der Waals surface area contributed by atoms with Crippen LogP contribution >= 0.6 is 0 Å². The molecule has 0 aromatic rings. The van der Waals surface area contributed by atoms with Gasteiger partial charge in [-0.2, -0.15) is 0 Å². The van der Waals surface area contributed by atoms with Gasteiger partial charge in [0.2, 0.25) is 0 Å². The molecule has 3 atom stereocenters.